The van der Waals surface area contributed by atoms with Crippen LogP contribution in [-0.4, -0.2) is 15.3 Å². The maximum Gasteiger partial charge on any atom is 0.263 e. The highest BCUT2D eigenvalue weighted by molar-refractivity contribution is 7.99. The predicted molar refractivity (Wildman–Crippen MR) is 104 cm³/mol. The summed E-state index contributed by atoms with van der Waals surface area (Å²) in [7, 11) is 0. The number of aryl methyl sites for hydroxylation is 2. The molecule has 0 aromatic carbocycles. The van der Waals surface area contributed by atoms with E-state index in [1.165, 1.54) is 36.1 Å². The number of hydrogen-bond donors (Lipinski definition) is 0. The second kappa shape index (κ2) is 6.68. The van der Waals surface area contributed by atoms with Crippen molar-refractivity contribution in [3.05, 3.63) is 32.9 Å². The van der Waals surface area contributed by atoms with Gasteiger partial charge in [0.1, 0.15) is 4.83 Å². The highest BCUT2D eigenvalue weighted by Crippen LogP contribution is 2.37. The summed E-state index contributed by atoms with van der Waals surface area (Å²) < 4.78 is 2.04. The zero-order chi connectivity index (χ0) is 16.7. The minimum absolute atomic E-state index is 0.218. The van der Waals surface area contributed by atoms with Crippen LogP contribution in [0.1, 0.15) is 61.9 Å². The van der Waals surface area contributed by atoms with E-state index in [0.717, 1.165) is 52.4 Å². The van der Waals surface area contributed by atoms with Gasteiger partial charge in [0.15, 0.2) is 5.16 Å². The number of thioether (sulfide) groups is 1. The van der Waals surface area contributed by atoms with Gasteiger partial charge in [0.05, 0.1) is 5.39 Å². The van der Waals surface area contributed by atoms with Crippen LogP contribution in [0, 0.1) is 0 Å². The van der Waals surface area contributed by atoms with Crippen LogP contribution in [0.4, 0.5) is 0 Å². The van der Waals surface area contributed by atoms with Gasteiger partial charge < -0.3 is 0 Å². The third-order valence-electron chi connectivity index (χ3n) is 5.13. The lowest BCUT2D eigenvalue weighted by molar-refractivity contribution is 0.326. The lowest BCUT2D eigenvalue weighted by Gasteiger charge is -2.26. The molecule has 0 bridgehead atoms. The van der Waals surface area contributed by atoms with Crippen LogP contribution in [0.25, 0.3) is 10.2 Å². The maximum absolute atomic E-state index is 13.4. The molecule has 2 heterocycles. The Bertz CT molecular complexity index is 843. The molecule has 0 amide bonds. The number of aromatic nitrogens is 2. The Morgan fingerprint density at radius 1 is 1.29 bits per heavy atom. The molecule has 2 aromatic rings. The molecule has 0 atom stereocenters. The second-order valence-electron chi connectivity index (χ2n) is 7.14. The minimum Gasteiger partial charge on any atom is -0.284 e. The van der Waals surface area contributed by atoms with E-state index < -0.39 is 0 Å². The Morgan fingerprint density at radius 2 is 2.08 bits per heavy atom. The molecule has 3 nitrogen and oxygen atoms in total. The lowest BCUT2D eigenvalue weighted by Crippen LogP contribution is -2.29. The molecule has 4 rings (SSSR count). The first-order valence-corrected chi connectivity index (χ1v) is 10.8. The summed E-state index contributed by atoms with van der Waals surface area (Å²) in [5.74, 6) is 0.829. The smallest absolute Gasteiger partial charge is 0.263 e. The molecule has 2 aliphatic rings. The van der Waals surface area contributed by atoms with Gasteiger partial charge in [0.25, 0.3) is 5.56 Å². The molecule has 1 saturated carbocycles. The molecular weight excluding hydrogens is 336 g/mol. The van der Waals surface area contributed by atoms with E-state index in [9.17, 15) is 4.79 Å². The SMILES string of the molecule is C=C(C)CSc1nc2sc3c(c2c(=O)n1C1CCCCC1)CCC3. The average molecular weight is 361 g/mol. The molecule has 24 heavy (non-hydrogen) atoms. The zero-order valence-corrected chi connectivity index (χ0v) is 15.9. The molecule has 2 aliphatic carbocycles. The first-order valence-electron chi connectivity index (χ1n) is 8.99. The van der Waals surface area contributed by atoms with Crippen LogP contribution in [0.3, 0.4) is 0 Å². The highest BCUT2D eigenvalue weighted by Gasteiger charge is 2.26. The normalized spacial score (nSPS) is 18.2. The Balaban J connectivity index is 1.87. The topological polar surface area (TPSA) is 34.9 Å². The van der Waals surface area contributed by atoms with Gasteiger partial charge in [0.2, 0.25) is 0 Å². The van der Waals surface area contributed by atoms with Gasteiger partial charge in [-0.3, -0.25) is 9.36 Å². The van der Waals surface area contributed by atoms with Crippen molar-refractivity contribution >= 4 is 33.3 Å². The molecule has 0 saturated heterocycles. The van der Waals surface area contributed by atoms with Crippen molar-refractivity contribution in [2.75, 3.05) is 5.75 Å². The van der Waals surface area contributed by atoms with Crippen LogP contribution < -0.4 is 5.56 Å². The van der Waals surface area contributed by atoms with Gasteiger partial charge in [-0.2, -0.15) is 0 Å². The quantitative estimate of drug-likeness (QED) is 0.431. The molecule has 0 aliphatic heterocycles. The van der Waals surface area contributed by atoms with E-state index in [1.807, 2.05) is 11.5 Å². The number of nitrogens with zero attached hydrogens (tertiary/aromatic N) is 2. The van der Waals surface area contributed by atoms with E-state index in [4.69, 9.17) is 4.98 Å². The van der Waals surface area contributed by atoms with E-state index in [0.29, 0.717) is 6.04 Å². The second-order valence-corrected chi connectivity index (χ2v) is 9.17. The summed E-state index contributed by atoms with van der Waals surface area (Å²) >= 11 is 3.42. The predicted octanol–water partition coefficient (Wildman–Crippen LogP) is 5.12. The molecule has 0 radical (unpaired) electrons. The maximum atomic E-state index is 13.4. The van der Waals surface area contributed by atoms with Gasteiger partial charge in [0, 0.05) is 16.7 Å². The number of rotatable bonds is 4. The van der Waals surface area contributed by atoms with Gasteiger partial charge in [-0.1, -0.05) is 43.2 Å². The number of fused-ring (bicyclic) bond motifs is 3. The van der Waals surface area contributed by atoms with Crippen molar-refractivity contribution in [3.8, 4) is 0 Å². The van der Waals surface area contributed by atoms with Crippen LogP contribution in [0.2, 0.25) is 0 Å². The van der Waals surface area contributed by atoms with E-state index in [2.05, 4.69) is 6.58 Å². The molecule has 1 fully saturated rings. The number of hydrogen-bond acceptors (Lipinski definition) is 4. The summed E-state index contributed by atoms with van der Waals surface area (Å²) in [4.78, 5) is 20.7. The van der Waals surface area contributed by atoms with Crippen LogP contribution >= 0.6 is 23.1 Å². The molecular formula is C19H24N2OS2. The van der Waals surface area contributed by atoms with Gasteiger partial charge in [-0.15, -0.1) is 11.3 Å². The monoisotopic (exact) mass is 360 g/mol. The Hall–Kier alpha value is -1.07. The number of thiophene rings is 1. The Morgan fingerprint density at radius 3 is 2.83 bits per heavy atom. The lowest BCUT2D eigenvalue weighted by atomic mass is 9.95. The highest BCUT2D eigenvalue weighted by atomic mass is 32.2. The molecule has 2 aromatic heterocycles. The van der Waals surface area contributed by atoms with E-state index in [-0.39, 0.29) is 5.56 Å². The third kappa shape index (κ3) is 2.86. The third-order valence-corrected chi connectivity index (χ3v) is 7.50. The summed E-state index contributed by atoms with van der Waals surface area (Å²) in [5.41, 5.74) is 2.64. The van der Waals surface area contributed by atoms with Crippen molar-refractivity contribution in [3.63, 3.8) is 0 Å². The van der Waals surface area contributed by atoms with E-state index in [1.54, 1.807) is 23.1 Å². The molecule has 5 heteroatoms. The average Bonchev–Trinajstić information content (AvgIpc) is 3.14. The molecule has 0 unspecified atom stereocenters. The first kappa shape index (κ1) is 16.4. The van der Waals surface area contributed by atoms with Crippen molar-refractivity contribution in [2.24, 2.45) is 0 Å². The van der Waals surface area contributed by atoms with Crippen molar-refractivity contribution in [2.45, 2.75) is 69.5 Å². The van der Waals surface area contributed by atoms with Crippen LogP contribution in [0.5, 0.6) is 0 Å². The zero-order valence-electron chi connectivity index (χ0n) is 14.3. The van der Waals surface area contributed by atoms with Crippen molar-refractivity contribution in [1.29, 1.82) is 0 Å². The van der Waals surface area contributed by atoms with Crippen LogP contribution in [-0.2, 0) is 12.8 Å². The molecule has 0 N–H and O–H groups in total. The van der Waals surface area contributed by atoms with E-state index >= 15 is 0 Å². The Labute approximate surface area is 151 Å². The summed E-state index contributed by atoms with van der Waals surface area (Å²) in [6, 6.07) is 0.327. The standard InChI is InChI=1S/C19H24N2OS2/c1-12(2)11-23-19-20-17-16(14-9-6-10-15(14)24-17)18(22)21(19)13-7-4-3-5-8-13/h13H,1,3-11H2,2H3. The summed E-state index contributed by atoms with van der Waals surface area (Å²) in [6.45, 7) is 6.04. The summed E-state index contributed by atoms with van der Waals surface area (Å²) in [6.07, 6.45) is 9.32. The largest absolute Gasteiger partial charge is 0.284 e. The summed E-state index contributed by atoms with van der Waals surface area (Å²) in [5, 5.41) is 1.83. The molecule has 0 spiro atoms. The van der Waals surface area contributed by atoms with Gasteiger partial charge >= 0.3 is 0 Å². The first-order chi connectivity index (χ1) is 11.6. The van der Waals surface area contributed by atoms with Gasteiger partial charge in [-0.05, 0) is 44.6 Å². The van der Waals surface area contributed by atoms with Gasteiger partial charge in [-0.25, -0.2) is 4.98 Å². The minimum atomic E-state index is 0.218. The fraction of sp³-hybridized carbons (Fsp3) is 0.579. The molecule has 128 valence electrons. The van der Waals surface area contributed by atoms with Crippen molar-refractivity contribution in [1.82, 2.24) is 9.55 Å². The Kier molecular flexibility index (Phi) is 4.56. The van der Waals surface area contributed by atoms with Crippen LogP contribution in [0.15, 0.2) is 22.1 Å². The fourth-order valence-corrected chi connectivity index (χ4v) is 6.20. The fourth-order valence-electron chi connectivity index (χ4n) is 3.99. The van der Waals surface area contributed by atoms with Crippen molar-refractivity contribution < 1.29 is 0 Å².